The van der Waals surface area contributed by atoms with Crippen molar-refractivity contribution < 1.29 is 14.6 Å². The van der Waals surface area contributed by atoms with Crippen LogP contribution in [-0.4, -0.2) is 54.5 Å². The first-order chi connectivity index (χ1) is 16.5. The maximum absolute atomic E-state index is 12.8. The van der Waals surface area contributed by atoms with Crippen molar-refractivity contribution in [2.24, 2.45) is 0 Å². The van der Waals surface area contributed by atoms with Gasteiger partial charge in [0.05, 0.1) is 17.8 Å². The van der Waals surface area contributed by atoms with Crippen LogP contribution in [0.2, 0.25) is 0 Å². The van der Waals surface area contributed by atoms with Gasteiger partial charge in [0.1, 0.15) is 11.5 Å². The first kappa shape index (κ1) is 23.4. The van der Waals surface area contributed by atoms with E-state index in [0.717, 1.165) is 28.1 Å². The van der Waals surface area contributed by atoms with Crippen LogP contribution < -0.4 is 20.7 Å². The summed E-state index contributed by atoms with van der Waals surface area (Å²) in [4.78, 5) is 17.3. The van der Waals surface area contributed by atoms with Crippen LogP contribution >= 0.6 is 0 Å². The predicted molar refractivity (Wildman–Crippen MR) is 133 cm³/mol. The summed E-state index contributed by atoms with van der Waals surface area (Å²) in [7, 11) is 1.80. The van der Waals surface area contributed by atoms with Crippen molar-refractivity contribution >= 4 is 17.8 Å². The van der Waals surface area contributed by atoms with Gasteiger partial charge in [0.25, 0.3) is 5.91 Å². The van der Waals surface area contributed by atoms with Crippen molar-refractivity contribution in [3.63, 3.8) is 0 Å². The quantitative estimate of drug-likeness (QED) is 0.330. The molecule has 0 aliphatic carbocycles. The zero-order valence-corrected chi connectivity index (χ0v) is 19.3. The van der Waals surface area contributed by atoms with E-state index in [2.05, 4.69) is 20.9 Å². The Morgan fingerprint density at radius 3 is 2.74 bits per heavy atom. The van der Waals surface area contributed by atoms with E-state index in [1.165, 1.54) is 6.21 Å². The van der Waals surface area contributed by atoms with Crippen molar-refractivity contribution in [2.45, 2.75) is 25.5 Å². The molecular formula is C26H29N5O3. The third-order valence-corrected chi connectivity index (χ3v) is 5.94. The zero-order valence-electron chi connectivity index (χ0n) is 19.3. The van der Waals surface area contributed by atoms with E-state index in [0.29, 0.717) is 36.6 Å². The average Bonchev–Trinajstić information content (AvgIpc) is 3.27. The van der Waals surface area contributed by atoms with E-state index >= 15 is 0 Å². The van der Waals surface area contributed by atoms with Crippen LogP contribution in [0.3, 0.4) is 0 Å². The molecule has 5 N–H and O–H groups in total. The summed E-state index contributed by atoms with van der Waals surface area (Å²) in [6.07, 6.45) is 3.09. The van der Waals surface area contributed by atoms with Crippen LogP contribution in [0.5, 0.6) is 11.5 Å². The van der Waals surface area contributed by atoms with Crippen LogP contribution in [0.1, 0.15) is 28.4 Å². The van der Waals surface area contributed by atoms with E-state index in [4.69, 9.17) is 10.1 Å². The number of amides is 1. The molecule has 1 aliphatic rings. The van der Waals surface area contributed by atoms with Crippen molar-refractivity contribution in [2.75, 3.05) is 25.5 Å². The average molecular weight is 460 g/mol. The number of carbonyl (C=O) groups excluding carboxylic acids is 1. The molecule has 2 aromatic carbocycles. The molecule has 4 rings (SSSR count). The molecule has 34 heavy (non-hydrogen) atoms. The molecule has 0 saturated carbocycles. The second kappa shape index (κ2) is 10.5. The third kappa shape index (κ3) is 5.08. The number of carbonyl (C=O) groups is 1. The minimum Gasteiger partial charge on any atom is -0.457 e. The number of benzene rings is 2. The molecule has 1 aliphatic heterocycles. The first-order valence-electron chi connectivity index (χ1n) is 11.3. The number of rotatable bonds is 8. The summed E-state index contributed by atoms with van der Waals surface area (Å²) < 4.78 is 6.04. The van der Waals surface area contributed by atoms with Gasteiger partial charge in [-0.2, -0.15) is 0 Å². The van der Waals surface area contributed by atoms with Crippen LogP contribution in [0, 0.1) is 5.41 Å². The number of hydrogen-bond acceptors (Lipinski definition) is 7. The molecule has 0 bridgehead atoms. The lowest BCUT2D eigenvalue weighted by molar-refractivity contribution is 0.0888. The topological polar surface area (TPSA) is 119 Å². The van der Waals surface area contributed by atoms with E-state index in [1.807, 2.05) is 49.4 Å². The van der Waals surface area contributed by atoms with Crippen molar-refractivity contribution in [3.05, 3.63) is 71.4 Å². The number of aryl methyl sites for hydroxylation is 1. The highest BCUT2D eigenvalue weighted by molar-refractivity contribution is 5.96. The molecule has 0 unspecified atom stereocenters. The summed E-state index contributed by atoms with van der Waals surface area (Å²) in [6.45, 7) is 3.05. The molecule has 1 fully saturated rings. The van der Waals surface area contributed by atoms with E-state index in [-0.39, 0.29) is 11.9 Å². The second-order valence-corrected chi connectivity index (χ2v) is 8.15. The lowest BCUT2D eigenvalue weighted by atomic mass is 9.99. The van der Waals surface area contributed by atoms with Gasteiger partial charge >= 0.3 is 0 Å². The van der Waals surface area contributed by atoms with Crippen LogP contribution in [-0.2, 0) is 6.42 Å². The zero-order chi connectivity index (χ0) is 24.1. The molecule has 8 nitrogen and oxygen atoms in total. The molecule has 3 aromatic rings. The molecule has 2 heterocycles. The SMILES string of the molecule is CCc1cc(-c2cc(Oc3ccc(C=N)c(NC)c3)ccn2)ccc1C(=O)N[C@H]1CNC[C@H]1O. The molecule has 2 atom stereocenters. The number of pyridine rings is 1. The van der Waals surface area contributed by atoms with Gasteiger partial charge in [-0.25, -0.2) is 0 Å². The van der Waals surface area contributed by atoms with Crippen LogP contribution in [0.4, 0.5) is 5.69 Å². The Balaban J connectivity index is 1.55. The van der Waals surface area contributed by atoms with Crippen molar-refractivity contribution in [1.82, 2.24) is 15.6 Å². The van der Waals surface area contributed by atoms with Crippen LogP contribution in [0.15, 0.2) is 54.7 Å². The van der Waals surface area contributed by atoms with Gasteiger partial charge in [-0.05, 0) is 42.3 Å². The molecule has 176 valence electrons. The number of nitrogens with one attached hydrogen (secondary N) is 4. The summed E-state index contributed by atoms with van der Waals surface area (Å²) >= 11 is 0. The normalized spacial score (nSPS) is 17.3. The molecule has 8 heteroatoms. The summed E-state index contributed by atoms with van der Waals surface area (Å²) in [5, 5.41) is 26.5. The predicted octanol–water partition coefficient (Wildman–Crippen LogP) is 3.21. The molecule has 1 amide bonds. The fraction of sp³-hybridized carbons (Fsp3) is 0.269. The van der Waals surface area contributed by atoms with Crippen molar-refractivity contribution in [3.8, 4) is 22.8 Å². The fourth-order valence-corrected chi connectivity index (χ4v) is 4.04. The van der Waals surface area contributed by atoms with Gasteiger partial charge in [-0.1, -0.05) is 13.0 Å². The number of anilines is 1. The Morgan fingerprint density at radius 1 is 1.21 bits per heavy atom. The maximum Gasteiger partial charge on any atom is 0.251 e. The lowest BCUT2D eigenvalue weighted by Gasteiger charge is -2.17. The highest BCUT2D eigenvalue weighted by atomic mass is 16.5. The van der Waals surface area contributed by atoms with E-state index in [9.17, 15) is 9.90 Å². The monoisotopic (exact) mass is 459 g/mol. The largest absolute Gasteiger partial charge is 0.457 e. The number of β-amino-alcohol motifs (C(OH)–C–C–N with tert-alkyl or cyclic N) is 1. The molecule has 0 spiro atoms. The van der Waals surface area contributed by atoms with Gasteiger partial charge in [0.2, 0.25) is 0 Å². The Labute approximate surface area is 198 Å². The van der Waals surface area contributed by atoms with Gasteiger partial charge in [0.15, 0.2) is 0 Å². The minimum atomic E-state index is -0.578. The summed E-state index contributed by atoms with van der Waals surface area (Å²) in [5.41, 5.74) is 4.72. The fourth-order valence-electron chi connectivity index (χ4n) is 4.04. The molecule has 1 saturated heterocycles. The number of nitrogens with zero attached hydrogens (tertiary/aromatic N) is 1. The third-order valence-electron chi connectivity index (χ3n) is 5.94. The summed E-state index contributed by atoms with van der Waals surface area (Å²) in [6, 6.07) is 14.5. The number of ether oxygens (including phenoxy) is 1. The van der Waals surface area contributed by atoms with Gasteiger partial charge in [-0.3, -0.25) is 9.78 Å². The molecule has 1 aromatic heterocycles. The Kier molecular flexibility index (Phi) is 7.20. The highest BCUT2D eigenvalue weighted by Crippen LogP contribution is 2.29. The van der Waals surface area contributed by atoms with E-state index in [1.54, 1.807) is 19.3 Å². The minimum absolute atomic E-state index is 0.185. The number of aromatic nitrogens is 1. The molecule has 0 radical (unpaired) electrons. The Morgan fingerprint density at radius 2 is 2.03 bits per heavy atom. The number of aliphatic hydroxyl groups excluding tert-OH is 1. The number of hydrogen-bond donors (Lipinski definition) is 5. The maximum atomic E-state index is 12.8. The Bertz CT molecular complexity index is 1200. The second-order valence-electron chi connectivity index (χ2n) is 8.15. The van der Waals surface area contributed by atoms with Crippen LogP contribution in [0.25, 0.3) is 11.3 Å². The highest BCUT2D eigenvalue weighted by Gasteiger charge is 2.27. The summed E-state index contributed by atoms with van der Waals surface area (Å²) in [5.74, 6) is 1.10. The lowest BCUT2D eigenvalue weighted by Crippen LogP contribution is -2.43. The smallest absolute Gasteiger partial charge is 0.251 e. The first-order valence-corrected chi connectivity index (χ1v) is 11.3. The van der Waals surface area contributed by atoms with Gasteiger partial charge in [0, 0.05) is 67.1 Å². The van der Waals surface area contributed by atoms with Gasteiger partial charge < -0.3 is 31.2 Å². The Hall–Kier alpha value is -3.75. The van der Waals surface area contributed by atoms with E-state index < -0.39 is 6.10 Å². The van der Waals surface area contributed by atoms with Crippen molar-refractivity contribution in [1.29, 1.82) is 5.41 Å². The van der Waals surface area contributed by atoms with Gasteiger partial charge in [-0.15, -0.1) is 0 Å². The molecular weight excluding hydrogens is 430 g/mol. The standard InChI is InChI=1S/C26H29N5O3/c1-3-16-10-17(5-7-21(16)26(33)31-24-14-29-15-25(24)32)23-12-20(8-9-30-23)34-19-6-4-18(13-27)22(11-19)28-2/h4-13,24-25,27-29,32H,3,14-15H2,1-2H3,(H,31,33)/t24-,25+/m0/s1. The number of aliphatic hydroxyl groups is 1.